The third-order valence-electron chi connectivity index (χ3n) is 1.81. The molecule has 0 radical (unpaired) electrons. The third-order valence-corrected chi connectivity index (χ3v) is 2.95. The predicted octanol–water partition coefficient (Wildman–Crippen LogP) is 2.68. The van der Waals surface area contributed by atoms with Crippen molar-refractivity contribution < 1.29 is 13.5 Å². The van der Waals surface area contributed by atoms with Crippen molar-refractivity contribution in [1.29, 1.82) is 0 Å². The smallest absolute Gasteiger partial charge is 0.150 e. The van der Waals surface area contributed by atoms with Crippen molar-refractivity contribution >= 4 is 17.4 Å². The molecule has 0 saturated carbocycles. The van der Waals surface area contributed by atoms with Crippen LogP contribution in [-0.4, -0.2) is 19.5 Å². The second-order valence-electron chi connectivity index (χ2n) is 2.99. The van der Waals surface area contributed by atoms with Crippen molar-refractivity contribution in [3.8, 4) is 0 Å². The van der Waals surface area contributed by atoms with Gasteiger partial charge in [0, 0.05) is 30.4 Å². The molecule has 0 bridgehead atoms. The highest BCUT2D eigenvalue weighted by Crippen LogP contribution is 2.28. The predicted molar refractivity (Wildman–Crippen MR) is 58.0 cm³/mol. The van der Waals surface area contributed by atoms with Gasteiger partial charge in [0.25, 0.3) is 0 Å². The molecule has 84 valence electrons. The van der Waals surface area contributed by atoms with Crippen LogP contribution in [0.2, 0.25) is 0 Å². The number of thioether (sulfide) groups is 1. The molecule has 0 unspecified atom stereocenters. The quantitative estimate of drug-likeness (QED) is 0.482. The maximum Gasteiger partial charge on any atom is 0.150 e. The summed E-state index contributed by atoms with van der Waals surface area (Å²) >= 11 is 1.33. The Bertz CT molecular complexity index is 333. The van der Waals surface area contributed by atoms with Crippen LogP contribution in [0, 0.1) is 11.6 Å². The number of methoxy groups -OCH3 is 1. The Labute approximate surface area is 91.8 Å². The van der Waals surface area contributed by atoms with E-state index in [1.54, 1.807) is 7.11 Å². The minimum Gasteiger partial charge on any atom is -0.395 e. The summed E-state index contributed by atoms with van der Waals surface area (Å²) in [5.74, 6) is -0.582. The van der Waals surface area contributed by atoms with Gasteiger partial charge < -0.3 is 10.5 Å². The zero-order chi connectivity index (χ0) is 11.3. The Kier molecular flexibility index (Phi) is 4.84. The molecule has 0 aliphatic carbocycles. The molecule has 2 nitrogen and oxygen atoms in total. The van der Waals surface area contributed by atoms with E-state index in [0.29, 0.717) is 11.5 Å². The van der Waals surface area contributed by atoms with Crippen molar-refractivity contribution in [2.45, 2.75) is 11.3 Å². The van der Waals surface area contributed by atoms with Crippen LogP contribution in [-0.2, 0) is 4.74 Å². The summed E-state index contributed by atoms with van der Waals surface area (Å²) in [4.78, 5) is 0.448. The van der Waals surface area contributed by atoms with Gasteiger partial charge in [-0.2, -0.15) is 0 Å². The van der Waals surface area contributed by atoms with E-state index in [1.165, 1.54) is 17.8 Å². The molecule has 0 aliphatic rings. The Morgan fingerprint density at radius 2 is 2.13 bits per heavy atom. The molecule has 1 aromatic rings. The first-order chi connectivity index (χ1) is 7.15. The summed E-state index contributed by atoms with van der Waals surface area (Å²) in [7, 11) is 1.61. The summed E-state index contributed by atoms with van der Waals surface area (Å²) in [6.45, 7) is 0.630. The van der Waals surface area contributed by atoms with E-state index >= 15 is 0 Å². The molecule has 0 heterocycles. The van der Waals surface area contributed by atoms with Crippen molar-refractivity contribution in [3.63, 3.8) is 0 Å². The van der Waals surface area contributed by atoms with E-state index in [2.05, 4.69) is 0 Å². The van der Waals surface area contributed by atoms with E-state index in [4.69, 9.17) is 10.5 Å². The molecular formula is C10H13F2NOS. The highest BCUT2D eigenvalue weighted by molar-refractivity contribution is 7.99. The van der Waals surface area contributed by atoms with Gasteiger partial charge in [0.2, 0.25) is 0 Å². The number of ether oxygens (including phenoxy) is 1. The average molecular weight is 233 g/mol. The van der Waals surface area contributed by atoms with Crippen molar-refractivity contribution in [1.82, 2.24) is 0 Å². The van der Waals surface area contributed by atoms with Crippen LogP contribution in [0.3, 0.4) is 0 Å². The van der Waals surface area contributed by atoms with Crippen molar-refractivity contribution in [2.24, 2.45) is 0 Å². The van der Waals surface area contributed by atoms with Crippen molar-refractivity contribution in [3.05, 3.63) is 23.8 Å². The van der Waals surface area contributed by atoms with Crippen LogP contribution in [0.15, 0.2) is 17.0 Å². The lowest BCUT2D eigenvalue weighted by molar-refractivity contribution is 0.200. The van der Waals surface area contributed by atoms with Crippen LogP contribution >= 0.6 is 11.8 Å². The normalized spacial score (nSPS) is 10.6. The van der Waals surface area contributed by atoms with E-state index in [1.807, 2.05) is 0 Å². The van der Waals surface area contributed by atoms with Crippen LogP contribution in [0.4, 0.5) is 14.5 Å². The second-order valence-corrected chi connectivity index (χ2v) is 4.13. The third kappa shape index (κ3) is 3.68. The van der Waals surface area contributed by atoms with Crippen molar-refractivity contribution in [2.75, 3.05) is 25.2 Å². The number of rotatable bonds is 5. The first-order valence-corrected chi connectivity index (χ1v) is 5.50. The van der Waals surface area contributed by atoms with Crippen LogP contribution < -0.4 is 5.73 Å². The number of benzene rings is 1. The number of anilines is 1. The molecule has 2 N–H and O–H groups in total. The van der Waals surface area contributed by atoms with Crippen LogP contribution in [0.25, 0.3) is 0 Å². The van der Waals surface area contributed by atoms with Gasteiger partial charge in [-0.1, -0.05) is 0 Å². The topological polar surface area (TPSA) is 35.2 Å². The van der Waals surface area contributed by atoms with Gasteiger partial charge in [0.05, 0.1) is 5.69 Å². The van der Waals surface area contributed by atoms with Gasteiger partial charge in [-0.05, 0) is 12.5 Å². The first-order valence-electron chi connectivity index (χ1n) is 4.51. The number of nitrogen functional groups attached to an aromatic ring is 1. The van der Waals surface area contributed by atoms with Gasteiger partial charge in [-0.15, -0.1) is 11.8 Å². The average Bonchev–Trinajstić information content (AvgIpc) is 2.19. The van der Waals surface area contributed by atoms with Crippen LogP contribution in [0.1, 0.15) is 6.42 Å². The SMILES string of the molecule is COCCCSc1cc(F)cc(F)c1N. The van der Waals surface area contributed by atoms with Gasteiger partial charge in [0.15, 0.2) is 0 Å². The van der Waals surface area contributed by atoms with E-state index in [0.717, 1.165) is 18.2 Å². The maximum atomic E-state index is 13.0. The summed E-state index contributed by atoms with van der Waals surface area (Å²) in [5, 5.41) is 0. The first kappa shape index (κ1) is 12.3. The molecule has 5 heteroatoms. The fourth-order valence-electron chi connectivity index (χ4n) is 1.07. The van der Waals surface area contributed by atoms with Gasteiger partial charge in [-0.3, -0.25) is 0 Å². The van der Waals surface area contributed by atoms with E-state index in [-0.39, 0.29) is 5.69 Å². The Hall–Kier alpha value is -0.810. The molecule has 0 fully saturated rings. The highest BCUT2D eigenvalue weighted by atomic mass is 32.2. The van der Waals surface area contributed by atoms with Gasteiger partial charge in [0.1, 0.15) is 11.6 Å². The van der Waals surface area contributed by atoms with E-state index < -0.39 is 11.6 Å². The molecular weight excluding hydrogens is 220 g/mol. The Morgan fingerprint density at radius 3 is 2.80 bits per heavy atom. The van der Waals surface area contributed by atoms with Gasteiger partial charge in [-0.25, -0.2) is 8.78 Å². The number of nitrogens with two attached hydrogens (primary N) is 1. The second kappa shape index (κ2) is 5.92. The summed E-state index contributed by atoms with van der Waals surface area (Å²) in [6.07, 6.45) is 0.818. The summed E-state index contributed by atoms with van der Waals surface area (Å²) in [6, 6.07) is 2.03. The molecule has 15 heavy (non-hydrogen) atoms. The minimum atomic E-state index is -0.704. The molecule has 0 saturated heterocycles. The Morgan fingerprint density at radius 1 is 1.40 bits per heavy atom. The zero-order valence-electron chi connectivity index (χ0n) is 8.43. The van der Waals surface area contributed by atoms with Gasteiger partial charge >= 0.3 is 0 Å². The number of halogens is 2. The molecule has 0 atom stereocenters. The fourth-order valence-corrected chi connectivity index (χ4v) is 2.00. The summed E-state index contributed by atoms with van der Waals surface area (Å²) < 4.78 is 30.7. The lowest BCUT2D eigenvalue weighted by atomic mass is 10.3. The molecule has 0 aromatic heterocycles. The highest BCUT2D eigenvalue weighted by Gasteiger charge is 2.08. The number of hydrogen-bond donors (Lipinski definition) is 1. The van der Waals surface area contributed by atoms with E-state index in [9.17, 15) is 8.78 Å². The maximum absolute atomic E-state index is 13.0. The summed E-state index contributed by atoms with van der Waals surface area (Å²) in [5.41, 5.74) is 5.49. The number of hydrogen-bond acceptors (Lipinski definition) is 3. The lowest BCUT2D eigenvalue weighted by Gasteiger charge is -2.06. The zero-order valence-corrected chi connectivity index (χ0v) is 9.24. The Balaban J connectivity index is 2.60. The molecule has 1 aromatic carbocycles. The molecule has 0 spiro atoms. The monoisotopic (exact) mass is 233 g/mol. The fraction of sp³-hybridized carbons (Fsp3) is 0.400. The molecule has 0 amide bonds. The van der Waals surface area contributed by atoms with Crippen LogP contribution in [0.5, 0.6) is 0 Å². The standard InChI is InChI=1S/C10H13F2NOS/c1-14-3-2-4-15-9-6-7(11)5-8(12)10(9)13/h5-6H,2-4,13H2,1H3. The molecule has 1 rings (SSSR count). The minimum absolute atomic E-state index is 0.0128. The molecule has 0 aliphatic heterocycles. The lowest BCUT2D eigenvalue weighted by Crippen LogP contribution is -1.96. The largest absolute Gasteiger partial charge is 0.395 e.